The molecule has 8 nitrogen and oxygen atoms in total. The van der Waals surface area contributed by atoms with E-state index in [1.807, 2.05) is 6.07 Å². The Morgan fingerprint density at radius 3 is 2.85 bits per heavy atom. The van der Waals surface area contributed by atoms with Crippen LogP contribution in [0.15, 0.2) is 35.2 Å². The van der Waals surface area contributed by atoms with Crippen LogP contribution < -0.4 is 4.74 Å². The first-order chi connectivity index (χ1) is 12.4. The molecule has 4 heterocycles. The molecule has 2 aliphatic heterocycles. The summed E-state index contributed by atoms with van der Waals surface area (Å²) >= 11 is 0. The fourth-order valence-corrected chi connectivity index (χ4v) is 6.12. The number of likely N-dealkylation sites (tertiary alicyclic amines) is 1. The topological polar surface area (TPSA) is 103 Å². The van der Waals surface area contributed by atoms with Gasteiger partial charge in [-0.25, -0.2) is 18.4 Å². The van der Waals surface area contributed by atoms with E-state index in [0.29, 0.717) is 18.0 Å². The lowest BCUT2D eigenvalue weighted by molar-refractivity contribution is 0.0378. The number of carbonyl (C=O) groups is 1. The van der Waals surface area contributed by atoms with E-state index in [2.05, 4.69) is 9.97 Å². The van der Waals surface area contributed by atoms with Gasteiger partial charge in [0, 0.05) is 31.3 Å². The molecule has 1 spiro atoms. The van der Waals surface area contributed by atoms with Crippen LogP contribution in [0.25, 0.3) is 0 Å². The van der Waals surface area contributed by atoms with Gasteiger partial charge in [0.15, 0.2) is 16.2 Å². The molecule has 9 heteroatoms. The Bertz CT molecular complexity index is 919. The predicted octanol–water partition coefficient (Wildman–Crippen LogP) is 1.09. The second-order valence-corrected chi connectivity index (χ2v) is 9.23. The highest BCUT2D eigenvalue weighted by Gasteiger charge is 2.63. The minimum atomic E-state index is -3.29. The van der Waals surface area contributed by atoms with Crippen molar-refractivity contribution in [2.24, 2.45) is 5.92 Å². The van der Waals surface area contributed by atoms with Crippen LogP contribution in [-0.4, -0.2) is 59.4 Å². The molecule has 0 radical (unpaired) electrons. The van der Waals surface area contributed by atoms with E-state index in [-0.39, 0.29) is 43.0 Å². The minimum absolute atomic E-state index is 0.118. The molecule has 0 unspecified atom stereocenters. The molecule has 138 valence electrons. The van der Waals surface area contributed by atoms with E-state index in [4.69, 9.17) is 9.15 Å². The maximum absolute atomic E-state index is 12.7. The maximum Gasteiger partial charge on any atom is 0.291 e. The summed E-state index contributed by atoms with van der Waals surface area (Å²) in [6.45, 7) is 2.26. The number of hydrogen-bond acceptors (Lipinski definition) is 7. The number of aromatic nitrogens is 2. The van der Waals surface area contributed by atoms with Gasteiger partial charge < -0.3 is 14.1 Å². The van der Waals surface area contributed by atoms with Crippen molar-refractivity contribution in [3.05, 3.63) is 42.2 Å². The molecule has 2 fully saturated rings. The number of pyridine rings is 1. The van der Waals surface area contributed by atoms with Crippen LogP contribution in [0, 0.1) is 12.8 Å². The predicted molar refractivity (Wildman–Crippen MR) is 91.5 cm³/mol. The second-order valence-electron chi connectivity index (χ2n) is 6.78. The van der Waals surface area contributed by atoms with Crippen LogP contribution in [0.5, 0.6) is 5.88 Å². The zero-order chi connectivity index (χ0) is 18.4. The number of nitrogens with zero attached hydrogens (tertiary/aromatic N) is 3. The quantitative estimate of drug-likeness (QED) is 0.786. The Hall–Kier alpha value is -2.42. The van der Waals surface area contributed by atoms with Gasteiger partial charge in [-0.2, -0.15) is 0 Å². The highest BCUT2D eigenvalue weighted by molar-refractivity contribution is 7.93. The molecule has 2 aromatic heterocycles. The largest absolute Gasteiger partial charge is 0.477 e. The molecule has 0 aliphatic carbocycles. The summed E-state index contributed by atoms with van der Waals surface area (Å²) in [5, 5.41) is 0. The summed E-state index contributed by atoms with van der Waals surface area (Å²) in [6, 6.07) is 5.33. The van der Waals surface area contributed by atoms with Gasteiger partial charge in [-0.15, -0.1) is 0 Å². The molecule has 2 aromatic rings. The molecule has 0 N–H and O–H groups in total. The van der Waals surface area contributed by atoms with Gasteiger partial charge in [-0.1, -0.05) is 6.07 Å². The normalized spacial score (nSPS) is 23.0. The van der Waals surface area contributed by atoms with Gasteiger partial charge in [0.05, 0.1) is 18.1 Å². The second kappa shape index (κ2) is 6.08. The number of oxazole rings is 1. The van der Waals surface area contributed by atoms with E-state index in [9.17, 15) is 13.2 Å². The maximum atomic E-state index is 12.7. The molecule has 1 atom stereocenters. The Balaban J connectivity index is 1.48. The molecule has 0 saturated carbocycles. The molecule has 4 rings (SSSR count). The number of amides is 1. The van der Waals surface area contributed by atoms with E-state index in [0.717, 1.165) is 0 Å². The smallest absolute Gasteiger partial charge is 0.291 e. The number of aryl methyl sites for hydroxylation is 1. The third-order valence-electron chi connectivity index (χ3n) is 5.31. The van der Waals surface area contributed by atoms with Gasteiger partial charge >= 0.3 is 0 Å². The number of hydrogen-bond donors (Lipinski definition) is 0. The summed E-state index contributed by atoms with van der Waals surface area (Å²) in [5.74, 6) is 0.256. The first kappa shape index (κ1) is 17.0. The van der Waals surface area contributed by atoms with Gasteiger partial charge in [0.25, 0.3) is 5.91 Å². The Labute approximate surface area is 151 Å². The van der Waals surface area contributed by atoms with Crippen LogP contribution in [0.2, 0.25) is 0 Å². The lowest BCUT2D eigenvalue weighted by Gasteiger charge is -2.49. The molecule has 0 bridgehead atoms. The molecule has 2 aliphatic rings. The lowest BCUT2D eigenvalue weighted by Crippen LogP contribution is -2.69. The fraction of sp³-hybridized carbons (Fsp3) is 0.471. The summed E-state index contributed by atoms with van der Waals surface area (Å²) in [6.07, 6.45) is 3.37. The van der Waals surface area contributed by atoms with E-state index in [1.54, 1.807) is 25.3 Å². The van der Waals surface area contributed by atoms with Gasteiger partial charge in [-0.05, 0) is 19.4 Å². The van der Waals surface area contributed by atoms with Crippen molar-refractivity contribution in [3.8, 4) is 5.88 Å². The van der Waals surface area contributed by atoms with Crippen molar-refractivity contribution in [2.75, 3.05) is 25.4 Å². The SMILES string of the molecule is Cc1ncoc1C(=O)N1CC2(C1)[C@@H](COc1ccccn1)CCS2(=O)=O. The Kier molecular flexibility index (Phi) is 3.98. The van der Waals surface area contributed by atoms with Crippen LogP contribution in [0.3, 0.4) is 0 Å². The average Bonchev–Trinajstić information content (AvgIpc) is 3.12. The van der Waals surface area contributed by atoms with E-state index >= 15 is 0 Å². The summed E-state index contributed by atoms with van der Waals surface area (Å²) < 4.78 is 35.2. The zero-order valence-electron chi connectivity index (χ0n) is 14.3. The van der Waals surface area contributed by atoms with Crippen molar-refractivity contribution in [3.63, 3.8) is 0 Å². The number of carbonyl (C=O) groups excluding carboxylic acids is 1. The third-order valence-corrected chi connectivity index (χ3v) is 7.92. The standard InChI is InChI=1S/C17H19N3O5S/c1-12-15(25-11-19-12)16(21)20-9-17(10-20)13(5-7-26(17,22)23)8-24-14-4-2-3-6-18-14/h2-4,6,11,13H,5,7-10H2,1H3/t13-/m1/s1. The highest BCUT2D eigenvalue weighted by atomic mass is 32.2. The Morgan fingerprint density at radius 1 is 1.38 bits per heavy atom. The van der Waals surface area contributed by atoms with Crippen molar-refractivity contribution in [1.29, 1.82) is 0 Å². The first-order valence-electron chi connectivity index (χ1n) is 8.38. The number of rotatable bonds is 4. The average molecular weight is 377 g/mol. The van der Waals surface area contributed by atoms with Crippen molar-refractivity contribution in [1.82, 2.24) is 14.9 Å². The van der Waals surface area contributed by atoms with Crippen LogP contribution in [0.1, 0.15) is 22.7 Å². The molecule has 0 aromatic carbocycles. The zero-order valence-corrected chi connectivity index (χ0v) is 15.1. The molecular weight excluding hydrogens is 358 g/mol. The molecule has 2 saturated heterocycles. The van der Waals surface area contributed by atoms with Crippen molar-refractivity contribution < 1.29 is 22.4 Å². The van der Waals surface area contributed by atoms with Crippen LogP contribution >= 0.6 is 0 Å². The summed E-state index contributed by atoms with van der Waals surface area (Å²) in [5.41, 5.74) is 0.500. The van der Waals surface area contributed by atoms with E-state index < -0.39 is 14.6 Å². The van der Waals surface area contributed by atoms with Gasteiger partial charge in [-0.3, -0.25) is 4.79 Å². The van der Waals surface area contributed by atoms with E-state index in [1.165, 1.54) is 11.3 Å². The summed E-state index contributed by atoms with van der Waals surface area (Å²) in [4.78, 5) is 22.0. The lowest BCUT2D eigenvalue weighted by atomic mass is 9.83. The molecule has 1 amide bonds. The van der Waals surface area contributed by atoms with Crippen LogP contribution in [0.4, 0.5) is 0 Å². The Morgan fingerprint density at radius 2 is 2.19 bits per heavy atom. The van der Waals surface area contributed by atoms with Crippen LogP contribution in [-0.2, 0) is 9.84 Å². The number of ether oxygens (including phenoxy) is 1. The summed E-state index contributed by atoms with van der Waals surface area (Å²) in [7, 11) is -3.29. The molecule has 26 heavy (non-hydrogen) atoms. The monoisotopic (exact) mass is 377 g/mol. The van der Waals surface area contributed by atoms with Crippen molar-refractivity contribution in [2.45, 2.75) is 18.1 Å². The first-order valence-corrected chi connectivity index (χ1v) is 10.0. The van der Waals surface area contributed by atoms with Gasteiger partial charge in [0.1, 0.15) is 4.75 Å². The highest BCUT2D eigenvalue weighted by Crippen LogP contribution is 2.45. The van der Waals surface area contributed by atoms with Gasteiger partial charge in [0.2, 0.25) is 11.6 Å². The minimum Gasteiger partial charge on any atom is -0.477 e. The third kappa shape index (κ3) is 2.57. The fourth-order valence-electron chi connectivity index (χ4n) is 3.72. The van der Waals surface area contributed by atoms with Crippen molar-refractivity contribution >= 4 is 15.7 Å². The number of sulfone groups is 1. The molecular formula is C17H19N3O5S.